The summed E-state index contributed by atoms with van der Waals surface area (Å²) in [6, 6.07) is 4.75. The lowest BCUT2D eigenvalue weighted by molar-refractivity contribution is 0.630. The Morgan fingerprint density at radius 2 is 2.23 bits per heavy atom. The fraction of sp³-hybridized carbons (Fsp3) is 0. The number of benzene rings is 1. The molecule has 0 aliphatic rings. The number of nitrogens with zero attached hydrogens (tertiary/aromatic N) is 1. The first kappa shape index (κ1) is 8.44. The van der Waals surface area contributed by atoms with Gasteiger partial charge in [-0.3, -0.25) is 0 Å². The Balaban J connectivity index is 2.57. The van der Waals surface area contributed by atoms with Crippen molar-refractivity contribution in [3.63, 3.8) is 0 Å². The van der Waals surface area contributed by atoms with Gasteiger partial charge in [0.25, 0.3) is 0 Å². The molecule has 2 rings (SSSR count). The van der Waals surface area contributed by atoms with E-state index in [-0.39, 0.29) is 5.82 Å². The lowest BCUT2D eigenvalue weighted by Gasteiger charge is -1.99. The predicted octanol–water partition coefficient (Wildman–Crippen LogP) is 2.98. The van der Waals surface area contributed by atoms with Crippen LogP contribution in [0.1, 0.15) is 0 Å². The van der Waals surface area contributed by atoms with Gasteiger partial charge in [-0.25, -0.2) is 9.37 Å². The highest BCUT2D eigenvalue weighted by atomic mass is 79.9. The summed E-state index contributed by atoms with van der Waals surface area (Å²) in [4.78, 5) is 6.82. The highest BCUT2D eigenvalue weighted by molar-refractivity contribution is 9.10. The molecule has 1 heterocycles. The van der Waals surface area contributed by atoms with Crippen molar-refractivity contribution in [2.75, 3.05) is 0 Å². The van der Waals surface area contributed by atoms with E-state index in [2.05, 4.69) is 25.9 Å². The lowest BCUT2D eigenvalue weighted by Crippen LogP contribution is -1.85. The summed E-state index contributed by atoms with van der Waals surface area (Å²) in [7, 11) is 0. The third-order valence-corrected chi connectivity index (χ3v) is 2.18. The van der Waals surface area contributed by atoms with E-state index in [1.54, 1.807) is 24.5 Å². The van der Waals surface area contributed by atoms with Crippen LogP contribution in [0.3, 0.4) is 0 Å². The summed E-state index contributed by atoms with van der Waals surface area (Å²) in [5, 5.41) is 0. The summed E-state index contributed by atoms with van der Waals surface area (Å²) in [5.74, 6) is 0.261. The van der Waals surface area contributed by atoms with E-state index in [1.165, 1.54) is 6.07 Å². The molecule has 0 radical (unpaired) electrons. The normalized spacial score (nSPS) is 10.3. The van der Waals surface area contributed by atoms with Crippen LogP contribution < -0.4 is 0 Å². The van der Waals surface area contributed by atoms with Gasteiger partial charge in [0.05, 0.1) is 5.56 Å². The molecule has 0 fully saturated rings. The average Bonchev–Trinajstić information content (AvgIpc) is 2.61. The second kappa shape index (κ2) is 3.30. The van der Waals surface area contributed by atoms with Gasteiger partial charge in [-0.1, -0.05) is 15.9 Å². The van der Waals surface area contributed by atoms with Gasteiger partial charge in [0.2, 0.25) is 0 Å². The second-order valence-corrected chi connectivity index (χ2v) is 3.48. The highest BCUT2D eigenvalue weighted by Gasteiger charge is 2.06. The molecule has 1 aromatic carbocycles. The zero-order chi connectivity index (χ0) is 9.26. The molecule has 0 unspecified atom stereocenters. The summed E-state index contributed by atoms with van der Waals surface area (Å²) >= 11 is 3.27. The van der Waals surface area contributed by atoms with Crippen molar-refractivity contribution in [3.05, 3.63) is 40.9 Å². The number of aromatic amines is 1. The Morgan fingerprint density at radius 1 is 1.38 bits per heavy atom. The molecule has 0 aliphatic carbocycles. The fourth-order valence-corrected chi connectivity index (χ4v) is 1.45. The second-order valence-electron chi connectivity index (χ2n) is 2.56. The number of imidazole rings is 1. The average molecular weight is 241 g/mol. The van der Waals surface area contributed by atoms with E-state index in [1.807, 2.05) is 0 Å². The molecule has 66 valence electrons. The largest absolute Gasteiger partial charge is 0.345 e. The van der Waals surface area contributed by atoms with Gasteiger partial charge in [-0.05, 0) is 18.2 Å². The molecule has 1 aromatic heterocycles. The van der Waals surface area contributed by atoms with Crippen LogP contribution >= 0.6 is 15.9 Å². The molecule has 0 spiro atoms. The number of hydrogen-bond acceptors (Lipinski definition) is 1. The quantitative estimate of drug-likeness (QED) is 0.816. The van der Waals surface area contributed by atoms with Crippen LogP contribution in [0.4, 0.5) is 4.39 Å². The van der Waals surface area contributed by atoms with Crippen molar-refractivity contribution in [1.29, 1.82) is 0 Å². The number of nitrogens with one attached hydrogen (secondary N) is 1. The third kappa shape index (κ3) is 1.62. The first-order chi connectivity index (χ1) is 6.27. The molecule has 2 nitrogen and oxygen atoms in total. The zero-order valence-corrected chi connectivity index (χ0v) is 8.18. The van der Waals surface area contributed by atoms with Gasteiger partial charge in [-0.2, -0.15) is 0 Å². The topological polar surface area (TPSA) is 28.7 Å². The SMILES string of the molecule is Fc1ccc(Br)cc1-c1ncc[nH]1. The minimum atomic E-state index is -0.279. The number of hydrogen-bond donors (Lipinski definition) is 1. The van der Waals surface area contributed by atoms with Crippen LogP contribution in [0.5, 0.6) is 0 Å². The summed E-state index contributed by atoms with van der Waals surface area (Å²) in [6.45, 7) is 0. The fourth-order valence-electron chi connectivity index (χ4n) is 1.09. The molecule has 0 saturated carbocycles. The van der Waals surface area contributed by atoms with E-state index >= 15 is 0 Å². The van der Waals surface area contributed by atoms with Gasteiger partial charge < -0.3 is 4.98 Å². The lowest BCUT2D eigenvalue weighted by atomic mass is 10.2. The van der Waals surface area contributed by atoms with E-state index < -0.39 is 0 Å². The Kier molecular flexibility index (Phi) is 2.14. The number of H-pyrrole nitrogens is 1. The van der Waals surface area contributed by atoms with Crippen molar-refractivity contribution in [1.82, 2.24) is 9.97 Å². The standard InChI is InChI=1S/C9H6BrFN2/c10-6-1-2-8(11)7(5-6)9-12-3-4-13-9/h1-5H,(H,12,13). The molecule has 4 heteroatoms. The first-order valence-corrected chi connectivity index (χ1v) is 4.51. The molecule has 2 aromatic rings. The van der Waals surface area contributed by atoms with Crippen LogP contribution in [0.2, 0.25) is 0 Å². The van der Waals surface area contributed by atoms with Gasteiger partial charge >= 0.3 is 0 Å². The van der Waals surface area contributed by atoms with Crippen molar-refractivity contribution < 1.29 is 4.39 Å². The molecule has 13 heavy (non-hydrogen) atoms. The van der Waals surface area contributed by atoms with Crippen LogP contribution in [0.25, 0.3) is 11.4 Å². The zero-order valence-electron chi connectivity index (χ0n) is 6.59. The molecule has 0 atom stereocenters. The molecule has 0 bridgehead atoms. The van der Waals surface area contributed by atoms with Gasteiger partial charge in [0, 0.05) is 16.9 Å². The highest BCUT2D eigenvalue weighted by Crippen LogP contribution is 2.22. The smallest absolute Gasteiger partial charge is 0.140 e. The molecule has 0 saturated heterocycles. The Morgan fingerprint density at radius 3 is 2.92 bits per heavy atom. The maximum absolute atomic E-state index is 13.3. The predicted molar refractivity (Wildman–Crippen MR) is 51.7 cm³/mol. The van der Waals surface area contributed by atoms with E-state index in [0.29, 0.717) is 11.4 Å². The third-order valence-electron chi connectivity index (χ3n) is 1.68. The summed E-state index contributed by atoms with van der Waals surface area (Å²) in [5.41, 5.74) is 0.472. The summed E-state index contributed by atoms with van der Waals surface area (Å²) < 4.78 is 14.1. The Bertz CT molecular complexity index is 412. The Hall–Kier alpha value is -1.16. The molecular formula is C9H6BrFN2. The van der Waals surface area contributed by atoms with Crippen molar-refractivity contribution in [2.24, 2.45) is 0 Å². The van der Waals surface area contributed by atoms with Crippen molar-refractivity contribution in [2.45, 2.75) is 0 Å². The minimum absolute atomic E-state index is 0.279. The monoisotopic (exact) mass is 240 g/mol. The minimum Gasteiger partial charge on any atom is -0.345 e. The van der Waals surface area contributed by atoms with Gasteiger partial charge in [0.1, 0.15) is 11.6 Å². The van der Waals surface area contributed by atoms with Crippen LogP contribution in [0.15, 0.2) is 35.1 Å². The molecule has 1 N–H and O–H groups in total. The molecule has 0 amide bonds. The van der Waals surface area contributed by atoms with Gasteiger partial charge in [0.15, 0.2) is 0 Å². The number of halogens is 2. The maximum atomic E-state index is 13.3. The van der Waals surface area contributed by atoms with E-state index in [4.69, 9.17) is 0 Å². The van der Waals surface area contributed by atoms with Crippen molar-refractivity contribution >= 4 is 15.9 Å². The van der Waals surface area contributed by atoms with E-state index in [0.717, 1.165) is 4.47 Å². The van der Waals surface area contributed by atoms with Crippen LogP contribution in [0, 0.1) is 5.82 Å². The van der Waals surface area contributed by atoms with E-state index in [9.17, 15) is 4.39 Å². The summed E-state index contributed by atoms with van der Waals surface area (Å²) in [6.07, 6.45) is 3.26. The number of rotatable bonds is 1. The Labute approximate surface area is 83.0 Å². The first-order valence-electron chi connectivity index (χ1n) is 3.72. The van der Waals surface area contributed by atoms with Crippen LogP contribution in [-0.4, -0.2) is 9.97 Å². The molecule has 0 aliphatic heterocycles. The maximum Gasteiger partial charge on any atom is 0.140 e. The molecular weight excluding hydrogens is 235 g/mol. The van der Waals surface area contributed by atoms with Crippen LogP contribution in [-0.2, 0) is 0 Å². The van der Waals surface area contributed by atoms with Crippen molar-refractivity contribution in [3.8, 4) is 11.4 Å². The van der Waals surface area contributed by atoms with Gasteiger partial charge in [-0.15, -0.1) is 0 Å². The number of aromatic nitrogens is 2.